The maximum atomic E-state index is 10.2. The number of hydrogen-bond donors (Lipinski definition) is 1. The van der Waals surface area contributed by atoms with Gasteiger partial charge in [-0.3, -0.25) is 0 Å². The first kappa shape index (κ1) is 14.5. The Balaban J connectivity index is 1.79. The van der Waals surface area contributed by atoms with E-state index in [2.05, 4.69) is 31.2 Å². The predicted octanol–water partition coefficient (Wildman–Crippen LogP) is 4.02. The molecule has 0 bridgehead atoms. The second kappa shape index (κ2) is 7.66. The Morgan fingerprint density at radius 1 is 1.32 bits per heavy atom. The van der Waals surface area contributed by atoms with Crippen molar-refractivity contribution in [2.45, 2.75) is 64.1 Å². The molecule has 2 nitrogen and oxygen atoms in total. The number of benzene rings is 1. The molecule has 0 radical (unpaired) electrons. The molecule has 1 aromatic rings. The quantitative estimate of drug-likeness (QED) is 0.804. The summed E-state index contributed by atoms with van der Waals surface area (Å²) in [5, 5.41) is 10.2. The van der Waals surface area contributed by atoms with Crippen LogP contribution in [0.15, 0.2) is 24.3 Å². The summed E-state index contributed by atoms with van der Waals surface area (Å²) in [6.07, 6.45) is 7.74. The molecule has 1 heterocycles. The lowest BCUT2D eigenvalue weighted by Crippen LogP contribution is -2.08. The van der Waals surface area contributed by atoms with E-state index in [4.69, 9.17) is 4.74 Å². The van der Waals surface area contributed by atoms with Crippen LogP contribution < -0.4 is 0 Å². The van der Waals surface area contributed by atoms with Gasteiger partial charge in [-0.1, -0.05) is 37.6 Å². The first-order valence-corrected chi connectivity index (χ1v) is 7.68. The third-order valence-electron chi connectivity index (χ3n) is 3.97. The van der Waals surface area contributed by atoms with E-state index in [1.807, 2.05) is 0 Å². The summed E-state index contributed by atoms with van der Waals surface area (Å²) in [5.41, 5.74) is 2.41. The van der Waals surface area contributed by atoms with Gasteiger partial charge in [0, 0.05) is 6.61 Å². The van der Waals surface area contributed by atoms with Crippen molar-refractivity contribution < 1.29 is 9.84 Å². The van der Waals surface area contributed by atoms with Gasteiger partial charge in [0.25, 0.3) is 0 Å². The summed E-state index contributed by atoms with van der Waals surface area (Å²) >= 11 is 0. The highest BCUT2D eigenvalue weighted by Crippen LogP contribution is 2.24. The van der Waals surface area contributed by atoms with Crippen LogP contribution in [-0.2, 0) is 11.2 Å². The summed E-state index contributed by atoms with van der Waals surface area (Å²) in [5.74, 6) is 0. The smallest absolute Gasteiger partial charge is 0.0791 e. The molecule has 2 atom stereocenters. The van der Waals surface area contributed by atoms with Gasteiger partial charge in [-0.25, -0.2) is 0 Å². The Morgan fingerprint density at radius 3 is 2.74 bits per heavy atom. The van der Waals surface area contributed by atoms with Crippen LogP contribution in [0.4, 0.5) is 0 Å². The minimum Gasteiger partial charge on any atom is -0.388 e. The summed E-state index contributed by atoms with van der Waals surface area (Å²) in [7, 11) is 0. The highest BCUT2D eigenvalue weighted by Gasteiger charge is 2.17. The van der Waals surface area contributed by atoms with Gasteiger partial charge in [-0.15, -0.1) is 0 Å². The van der Waals surface area contributed by atoms with E-state index >= 15 is 0 Å². The van der Waals surface area contributed by atoms with Crippen LogP contribution in [0.1, 0.15) is 62.7 Å². The van der Waals surface area contributed by atoms with Gasteiger partial charge >= 0.3 is 0 Å². The monoisotopic (exact) mass is 262 g/mol. The van der Waals surface area contributed by atoms with Gasteiger partial charge in [-0.05, 0) is 49.7 Å². The summed E-state index contributed by atoms with van der Waals surface area (Å²) in [4.78, 5) is 0. The van der Waals surface area contributed by atoms with E-state index in [0.717, 1.165) is 37.9 Å². The first-order valence-electron chi connectivity index (χ1n) is 7.68. The van der Waals surface area contributed by atoms with E-state index in [-0.39, 0.29) is 6.10 Å². The Hall–Kier alpha value is -0.860. The third kappa shape index (κ3) is 4.63. The third-order valence-corrected chi connectivity index (χ3v) is 3.97. The maximum absolute atomic E-state index is 10.2. The first-order chi connectivity index (χ1) is 9.29. The van der Waals surface area contributed by atoms with Gasteiger partial charge in [0.15, 0.2) is 0 Å². The van der Waals surface area contributed by atoms with Crippen molar-refractivity contribution in [1.82, 2.24) is 0 Å². The van der Waals surface area contributed by atoms with Crippen LogP contribution in [0.2, 0.25) is 0 Å². The molecule has 1 saturated heterocycles. The molecule has 19 heavy (non-hydrogen) atoms. The van der Waals surface area contributed by atoms with Gasteiger partial charge in [0.1, 0.15) is 0 Å². The van der Waals surface area contributed by atoms with E-state index in [9.17, 15) is 5.11 Å². The van der Waals surface area contributed by atoms with E-state index < -0.39 is 0 Å². The molecule has 1 aliphatic rings. The summed E-state index contributed by atoms with van der Waals surface area (Å²) in [6, 6.07) is 8.46. The van der Waals surface area contributed by atoms with Gasteiger partial charge in [0.05, 0.1) is 12.2 Å². The number of aryl methyl sites for hydroxylation is 1. The fourth-order valence-electron chi connectivity index (χ4n) is 2.67. The molecule has 0 aromatic heterocycles. The zero-order valence-corrected chi connectivity index (χ0v) is 12.0. The summed E-state index contributed by atoms with van der Waals surface area (Å²) < 4.78 is 5.59. The average molecular weight is 262 g/mol. The van der Waals surface area contributed by atoms with Crippen LogP contribution in [0, 0.1) is 0 Å². The van der Waals surface area contributed by atoms with Crippen molar-refractivity contribution in [2.75, 3.05) is 6.61 Å². The Kier molecular flexibility index (Phi) is 5.87. The van der Waals surface area contributed by atoms with E-state index in [1.54, 1.807) is 0 Å². The lowest BCUT2D eigenvalue weighted by atomic mass is 9.99. The topological polar surface area (TPSA) is 29.5 Å². The minimum absolute atomic E-state index is 0.343. The predicted molar refractivity (Wildman–Crippen MR) is 78.2 cm³/mol. The van der Waals surface area contributed by atoms with Crippen molar-refractivity contribution in [3.05, 3.63) is 35.4 Å². The molecule has 0 aliphatic carbocycles. The molecule has 2 rings (SSSR count). The van der Waals surface area contributed by atoms with Gasteiger partial charge in [0.2, 0.25) is 0 Å². The van der Waals surface area contributed by atoms with Crippen molar-refractivity contribution in [2.24, 2.45) is 0 Å². The molecular formula is C17H26O2. The molecule has 1 aliphatic heterocycles. The van der Waals surface area contributed by atoms with Gasteiger partial charge < -0.3 is 9.84 Å². The number of aliphatic hydroxyl groups is 1. The number of aliphatic hydroxyl groups excluding tert-OH is 1. The van der Waals surface area contributed by atoms with E-state index in [0.29, 0.717) is 6.10 Å². The molecule has 0 spiro atoms. The van der Waals surface area contributed by atoms with E-state index in [1.165, 1.54) is 24.8 Å². The molecule has 1 N–H and O–H groups in total. The lowest BCUT2D eigenvalue weighted by Gasteiger charge is -2.14. The molecule has 106 valence electrons. The molecule has 1 fully saturated rings. The fraction of sp³-hybridized carbons (Fsp3) is 0.647. The van der Waals surface area contributed by atoms with Crippen LogP contribution in [0.3, 0.4) is 0 Å². The zero-order chi connectivity index (χ0) is 13.5. The maximum Gasteiger partial charge on any atom is 0.0791 e. The molecule has 2 unspecified atom stereocenters. The Bertz CT molecular complexity index is 352. The molecular weight excluding hydrogens is 236 g/mol. The number of hydrogen-bond acceptors (Lipinski definition) is 2. The summed E-state index contributed by atoms with van der Waals surface area (Å²) in [6.45, 7) is 3.11. The van der Waals surface area contributed by atoms with Crippen molar-refractivity contribution in [3.8, 4) is 0 Å². The standard InChI is InChI=1S/C17H26O2/c1-2-3-5-14-7-9-15(10-8-14)17(18)12-11-16-6-4-13-19-16/h7-10,16-18H,2-6,11-13H2,1H3. The second-order valence-corrected chi connectivity index (χ2v) is 5.57. The van der Waals surface area contributed by atoms with Crippen LogP contribution in [0.25, 0.3) is 0 Å². The van der Waals surface area contributed by atoms with Crippen molar-refractivity contribution in [1.29, 1.82) is 0 Å². The van der Waals surface area contributed by atoms with Crippen LogP contribution >= 0.6 is 0 Å². The van der Waals surface area contributed by atoms with Crippen molar-refractivity contribution in [3.63, 3.8) is 0 Å². The lowest BCUT2D eigenvalue weighted by molar-refractivity contribution is 0.0812. The molecule has 0 saturated carbocycles. The minimum atomic E-state index is -0.343. The molecule has 0 amide bonds. The normalized spacial score (nSPS) is 20.6. The molecule has 2 heteroatoms. The average Bonchev–Trinajstić information content (AvgIpc) is 2.96. The zero-order valence-electron chi connectivity index (χ0n) is 12.0. The Morgan fingerprint density at radius 2 is 2.11 bits per heavy atom. The Labute approximate surface area is 116 Å². The van der Waals surface area contributed by atoms with Crippen LogP contribution in [-0.4, -0.2) is 17.8 Å². The second-order valence-electron chi connectivity index (χ2n) is 5.57. The number of ether oxygens (including phenoxy) is 1. The number of unbranched alkanes of at least 4 members (excludes halogenated alkanes) is 1. The largest absolute Gasteiger partial charge is 0.388 e. The van der Waals surface area contributed by atoms with Crippen LogP contribution in [0.5, 0.6) is 0 Å². The highest BCUT2D eigenvalue weighted by molar-refractivity contribution is 5.24. The SMILES string of the molecule is CCCCc1ccc(C(O)CCC2CCCO2)cc1. The highest BCUT2D eigenvalue weighted by atomic mass is 16.5. The number of rotatable bonds is 7. The molecule has 1 aromatic carbocycles. The van der Waals surface area contributed by atoms with Gasteiger partial charge in [-0.2, -0.15) is 0 Å². The van der Waals surface area contributed by atoms with Crippen molar-refractivity contribution >= 4 is 0 Å². The fourth-order valence-corrected chi connectivity index (χ4v) is 2.67.